The second kappa shape index (κ2) is 5.75. The molecule has 8 heteroatoms. The Balaban J connectivity index is 1.76. The molecule has 0 amide bonds. The fraction of sp³-hybridized carbons (Fsp3) is 0.0588. The summed E-state index contributed by atoms with van der Waals surface area (Å²) < 4.78 is 3.37. The molecule has 3 aromatic heterocycles. The second-order valence-corrected chi connectivity index (χ2v) is 5.55. The molecule has 1 aromatic carbocycles. The van der Waals surface area contributed by atoms with Gasteiger partial charge in [-0.15, -0.1) is 5.10 Å². The predicted octanol–water partition coefficient (Wildman–Crippen LogP) is 1.82. The fourth-order valence-electron chi connectivity index (χ4n) is 2.70. The lowest BCUT2D eigenvalue weighted by atomic mass is 10.2. The lowest BCUT2D eigenvalue weighted by molar-refractivity contribution is -0.136. The average molecular weight is 334 g/mol. The zero-order chi connectivity index (χ0) is 17.4. The molecule has 0 spiro atoms. The van der Waals surface area contributed by atoms with Gasteiger partial charge in [0.15, 0.2) is 17.5 Å². The Kier molecular flexibility index (Phi) is 3.42. The van der Waals surface area contributed by atoms with Crippen LogP contribution in [0, 0.1) is 0 Å². The minimum absolute atomic E-state index is 0.0412. The van der Waals surface area contributed by atoms with Crippen LogP contribution >= 0.6 is 0 Å². The Bertz CT molecular complexity index is 1080. The van der Waals surface area contributed by atoms with E-state index in [9.17, 15) is 4.79 Å². The highest BCUT2D eigenvalue weighted by Gasteiger charge is 2.11. The summed E-state index contributed by atoms with van der Waals surface area (Å²) >= 11 is 0. The molecule has 0 aliphatic rings. The Labute approximate surface area is 142 Å². The molecule has 0 radical (unpaired) electrons. The van der Waals surface area contributed by atoms with Crippen LogP contribution in [0.15, 0.2) is 55.1 Å². The van der Waals surface area contributed by atoms with Crippen molar-refractivity contribution in [2.45, 2.75) is 6.42 Å². The van der Waals surface area contributed by atoms with Crippen LogP contribution in [0.2, 0.25) is 0 Å². The van der Waals surface area contributed by atoms with Gasteiger partial charge in [0.1, 0.15) is 0 Å². The predicted molar refractivity (Wildman–Crippen MR) is 91.7 cm³/mol. The molecule has 4 aromatic rings. The van der Waals surface area contributed by atoms with Crippen molar-refractivity contribution in [2.75, 3.05) is 5.73 Å². The van der Waals surface area contributed by atoms with Gasteiger partial charge in [0, 0.05) is 17.8 Å². The van der Waals surface area contributed by atoms with Gasteiger partial charge in [-0.25, -0.2) is 9.67 Å². The van der Waals surface area contributed by atoms with Gasteiger partial charge >= 0.3 is 5.97 Å². The number of nitrogen functional groups attached to an aromatic ring is 1. The first-order chi connectivity index (χ1) is 12.1. The van der Waals surface area contributed by atoms with E-state index in [0.717, 1.165) is 10.9 Å². The lowest BCUT2D eigenvalue weighted by Crippen LogP contribution is -2.05. The van der Waals surface area contributed by atoms with E-state index in [0.29, 0.717) is 23.0 Å². The molecule has 0 aliphatic heterocycles. The number of nitrogens with two attached hydrogens (primary N) is 1. The number of aliphatic carboxylic acids is 1. The van der Waals surface area contributed by atoms with E-state index in [2.05, 4.69) is 15.1 Å². The first-order valence-electron chi connectivity index (χ1n) is 7.56. The Hall–Kier alpha value is -3.68. The molecule has 3 heterocycles. The van der Waals surface area contributed by atoms with Crippen molar-refractivity contribution < 1.29 is 9.90 Å². The number of carboxylic acids is 1. The van der Waals surface area contributed by atoms with Crippen molar-refractivity contribution in [3.63, 3.8) is 0 Å². The molecular weight excluding hydrogens is 320 g/mol. The van der Waals surface area contributed by atoms with Crippen molar-refractivity contribution in [1.82, 2.24) is 24.3 Å². The van der Waals surface area contributed by atoms with E-state index in [4.69, 9.17) is 10.8 Å². The van der Waals surface area contributed by atoms with Crippen LogP contribution in [0.25, 0.3) is 22.5 Å². The van der Waals surface area contributed by atoms with Crippen LogP contribution in [-0.2, 0) is 11.2 Å². The molecule has 0 saturated heterocycles. The number of hydrogen-bond acceptors (Lipinski definition) is 5. The highest BCUT2D eigenvalue weighted by molar-refractivity contribution is 5.90. The summed E-state index contributed by atoms with van der Waals surface area (Å²) in [6.45, 7) is 0. The average Bonchev–Trinajstić information content (AvgIpc) is 3.20. The first-order valence-corrected chi connectivity index (χ1v) is 7.56. The molecule has 8 nitrogen and oxygen atoms in total. The van der Waals surface area contributed by atoms with Gasteiger partial charge in [-0.1, -0.05) is 12.1 Å². The third-order valence-corrected chi connectivity index (χ3v) is 3.82. The molecule has 0 unspecified atom stereocenters. The third kappa shape index (κ3) is 2.69. The molecule has 0 fully saturated rings. The van der Waals surface area contributed by atoms with Crippen LogP contribution < -0.4 is 5.73 Å². The molecule has 3 N–H and O–H groups in total. The number of para-hydroxylation sites is 1. The Morgan fingerprint density at radius 3 is 2.80 bits per heavy atom. The number of aromatic nitrogens is 5. The monoisotopic (exact) mass is 334 g/mol. The molecule has 0 bridgehead atoms. The molecule has 0 saturated carbocycles. The smallest absolute Gasteiger partial charge is 0.307 e. The van der Waals surface area contributed by atoms with Crippen LogP contribution in [0.3, 0.4) is 0 Å². The molecule has 0 aliphatic carbocycles. The molecule has 0 atom stereocenters. The van der Waals surface area contributed by atoms with Gasteiger partial charge in [0.25, 0.3) is 0 Å². The number of anilines is 1. The summed E-state index contributed by atoms with van der Waals surface area (Å²) in [5.74, 6) is 0.634. The normalized spacial score (nSPS) is 11.0. The number of carboxylic acid groups (broad SMARTS) is 1. The number of fused-ring (bicyclic) bond motifs is 1. The van der Waals surface area contributed by atoms with Gasteiger partial charge in [-0.05, 0) is 23.8 Å². The number of carbonyl (C=O) groups is 1. The van der Waals surface area contributed by atoms with Crippen LogP contribution in [0.5, 0.6) is 0 Å². The number of nitrogens with zero attached hydrogens (tertiary/aromatic N) is 5. The fourth-order valence-corrected chi connectivity index (χ4v) is 2.70. The Morgan fingerprint density at radius 2 is 1.96 bits per heavy atom. The summed E-state index contributed by atoms with van der Waals surface area (Å²) in [6, 6.07) is 9.35. The highest BCUT2D eigenvalue weighted by Crippen LogP contribution is 2.22. The van der Waals surface area contributed by atoms with E-state index in [1.54, 1.807) is 40.1 Å². The summed E-state index contributed by atoms with van der Waals surface area (Å²) in [5.41, 5.74) is 7.50. The van der Waals surface area contributed by atoms with Gasteiger partial charge in [-0.2, -0.15) is 0 Å². The van der Waals surface area contributed by atoms with Crippen molar-refractivity contribution in [1.29, 1.82) is 0 Å². The zero-order valence-electron chi connectivity index (χ0n) is 13.1. The first kappa shape index (κ1) is 14.9. The quantitative estimate of drug-likeness (QED) is 0.589. The number of benzene rings is 1. The molecule has 25 heavy (non-hydrogen) atoms. The maximum atomic E-state index is 10.8. The van der Waals surface area contributed by atoms with Gasteiger partial charge < -0.3 is 15.4 Å². The van der Waals surface area contributed by atoms with Crippen molar-refractivity contribution in [3.8, 4) is 11.6 Å². The second-order valence-electron chi connectivity index (χ2n) is 5.55. The van der Waals surface area contributed by atoms with E-state index in [1.807, 2.05) is 24.3 Å². The van der Waals surface area contributed by atoms with Crippen molar-refractivity contribution in [3.05, 3.63) is 60.7 Å². The largest absolute Gasteiger partial charge is 0.481 e. The highest BCUT2D eigenvalue weighted by atomic mass is 16.4. The minimum atomic E-state index is -0.879. The van der Waals surface area contributed by atoms with E-state index in [-0.39, 0.29) is 6.42 Å². The summed E-state index contributed by atoms with van der Waals surface area (Å²) in [7, 11) is 0. The lowest BCUT2D eigenvalue weighted by Gasteiger charge is -2.05. The topological polar surface area (TPSA) is 112 Å². The zero-order valence-corrected chi connectivity index (χ0v) is 13.1. The third-order valence-electron chi connectivity index (χ3n) is 3.82. The standard InChI is InChI=1S/C17H14N6O2/c18-17-12-3-1-2-4-13(12)23(21-17)15-9-19-8-14(20-15)22-6-5-11(10-22)7-16(24)25/h1-6,8-10H,7H2,(H2,18,21)(H,24,25). The van der Waals surface area contributed by atoms with E-state index in [1.165, 1.54) is 0 Å². The van der Waals surface area contributed by atoms with Crippen molar-refractivity contribution >= 4 is 22.7 Å². The summed E-state index contributed by atoms with van der Waals surface area (Å²) in [5, 5.41) is 14.1. The van der Waals surface area contributed by atoms with Crippen LogP contribution in [0.4, 0.5) is 5.82 Å². The molecule has 4 rings (SSSR count). The van der Waals surface area contributed by atoms with Gasteiger partial charge in [0.2, 0.25) is 0 Å². The maximum absolute atomic E-state index is 10.8. The van der Waals surface area contributed by atoms with E-state index < -0.39 is 5.97 Å². The summed E-state index contributed by atoms with van der Waals surface area (Å²) in [4.78, 5) is 19.6. The Morgan fingerprint density at radius 1 is 1.16 bits per heavy atom. The SMILES string of the molecule is Nc1nn(-c2cncc(-n3ccc(CC(=O)O)c3)n2)c2ccccc12. The summed E-state index contributed by atoms with van der Waals surface area (Å²) in [6.07, 6.45) is 6.63. The van der Waals surface area contributed by atoms with E-state index >= 15 is 0 Å². The molecular formula is C17H14N6O2. The number of rotatable bonds is 4. The minimum Gasteiger partial charge on any atom is -0.481 e. The molecule has 124 valence electrons. The maximum Gasteiger partial charge on any atom is 0.307 e. The number of hydrogen-bond donors (Lipinski definition) is 2. The van der Waals surface area contributed by atoms with Gasteiger partial charge in [-0.3, -0.25) is 9.78 Å². The van der Waals surface area contributed by atoms with Crippen molar-refractivity contribution in [2.24, 2.45) is 0 Å². The van der Waals surface area contributed by atoms with Crippen LogP contribution in [0.1, 0.15) is 5.56 Å². The van der Waals surface area contributed by atoms with Crippen LogP contribution in [-0.4, -0.2) is 35.4 Å². The van der Waals surface area contributed by atoms with Gasteiger partial charge in [0.05, 0.1) is 24.3 Å².